The summed E-state index contributed by atoms with van der Waals surface area (Å²) >= 11 is 0. The van der Waals surface area contributed by atoms with Crippen LogP contribution in [0.15, 0.2) is 12.3 Å². The molecule has 10 heteroatoms. The van der Waals surface area contributed by atoms with Gasteiger partial charge in [-0.3, -0.25) is 10.1 Å². The number of anilines is 1. The lowest BCUT2D eigenvalue weighted by Gasteiger charge is -2.11. The van der Waals surface area contributed by atoms with E-state index >= 15 is 0 Å². The van der Waals surface area contributed by atoms with Crippen molar-refractivity contribution in [1.82, 2.24) is 4.98 Å². The Labute approximate surface area is 113 Å². The van der Waals surface area contributed by atoms with Gasteiger partial charge in [-0.05, 0) is 6.42 Å². The number of pyridine rings is 1. The highest BCUT2D eigenvalue weighted by Gasteiger charge is 2.30. The fourth-order valence-corrected chi connectivity index (χ4v) is 3.60. The van der Waals surface area contributed by atoms with Gasteiger partial charge in [0.25, 0.3) is 0 Å². The molecule has 0 aromatic carbocycles. The fourth-order valence-electron chi connectivity index (χ4n) is 1.92. The predicted octanol–water partition coefficient (Wildman–Crippen LogP) is 0.287. The van der Waals surface area contributed by atoms with Crippen molar-refractivity contribution in [2.75, 3.05) is 16.8 Å². The van der Waals surface area contributed by atoms with Gasteiger partial charge in [0.1, 0.15) is 0 Å². The molecule has 108 valence electrons. The van der Waals surface area contributed by atoms with Gasteiger partial charge in [-0.2, -0.15) is 0 Å². The van der Waals surface area contributed by atoms with Crippen LogP contribution >= 0.6 is 0 Å². The number of carboxylic acids is 1. The van der Waals surface area contributed by atoms with Crippen LogP contribution in [0.4, 0.5) is 11.5 Å². The molecule has 1 aliphatic rings. The zero-order valence-electron chi connectivity index (χ0n) is 10.1. The van der Waals surface area contributed by atoms with Gasteiger partial charge in [0.15, 0.2) is 9.84 Å². The number of carboxylic acid groups (broad SMARTS) is 1. The number of nitro groups is 1. The maximum absolute atomic E-state index is 11.3. The van der Waals surface area contributed by atoms with Crippen molar-refractivity contribution in [2.24, 2.45) is 0 Å². The molecule has 0 saturated carbocycles. The molecule has 0 bridgehead atoms. The van der Waals surface area contributed by atoms with Crippen LogP contribution in [0.3, 0.4) is 0 Å². The van der Waals surface area contributed by atoms with Crippen molar-refractivity contribution in [3.05, 3.63) is 27.9 Å². The molecule has 1 unspecified atom stereocenters. The SMILES string of the molecule is O=C(O)c1cnc(NC2CCS(=O)(=O)C2)c([N+](=O)[O-])c1. The molecule has 0 amide bonds. The number of nitrogens with one attached hydrogen (secondary N) is 1. The minimum atomic E-state index is -3.12. The summed E-state index contributed by atoms with van der Waals surface area (Å²) in [5, 5.41) is 22.4. The van der Waals surface area contributed by atoms with Crippen molar-refractivity contribution in [1.29, 1.82) is 0 Å². The summed E-state index contributed by atoms with van der Waals surface area (Å²) in [7, 11) is -3.12. The molecule has 0 radical (unpaired) electrons. The zero-order chi connectivity index (χ0) is 14.9. The normalized spacial score (nSPS) is 20.5. The van der Waals surface area contributed by atoms with Gasteiger partial charge < -0.3 is 10.4 Å². The molecule has 2 N–H and O–H groups in total. The molecule has 2 rings (SSSR count). The summed E-state index contributed by atoms with van der Waals surface area (Å²) in [6.45, 7) is 0. The second-order valence-electron chi connectivity index (χ2n) is 4.40. The van der Waals surface area contributed by atoms with Gasteiger partial charge in [-0.25, -0.2) is 18.2 Å². The van der Waals surface area contributed by atoms with Crippen molar-refractivity contribution < 1.29 is 23.2 Å². The van der Waals surface area contributed by atoms with E-state index in [1.807, 2.05) is 0 Å². The van der Waals surface area contributed by atoms with Crippen LogP contribution in [0.25, 0.3) is 0 Å². The average molecular weight is 301 g/mol. The highest BCUT2D eigenvalue weighted by Crippen LogP contribution is 2.25. The van der Waals surface area contributed by atoms with Crippen molar-refractivity contribution >= 4 is 27.3 Å². The van der Waals surface area contributed by atoms with Crippen molar-refractivity contribution in [3.63, 3.8) is 0 Å². The number of nitrogens with zero attached hydrogens (tertiary/aromatic N) is 2. The predicted molar refractivity (Wildman–Crippen MR) is 68.5 cm³/mol. The number of aromatic nitrogens is 1. The second-order valence-corrected chi connectivity index (χ2v) is 6.63. The lowest BCUT2D eigenvalue weighted by atomic mass is 10.2. The molecule has 0 spiro atoms. The van der Waals surface area contributed by atoms with Crippen LogP contribution in [0.5, 0.6) is 0 Å². The van der Waals surface area contributed by atoms with Gasteiger partial charge in [-0.1, -0.05) is 0 Å². The van der Waals surface area contributed by atoms with Crippen LogP contribution < -0.4 is 5.32 Å². The van der Waals surface area contributed by atoms with Crippen LogP contribution in [0.1, 0.15) is 16.8 Å². The molecule has 1 aromatic heterocycles. The Morgan fingerprint density at radius 1 is 1.55 bits per heavy atom. The van der Waals surface area contributed by atoms with Crippen molar-refractivity contribution in [2.45, 2.75) is 12.5 Å². The lowest BCUT2D eigenvalue weighted by molar-refractivity contribution is -0.384. The van der Waals surface area contributed by atoms with Crippen molar-refractivity contribution in [3.8, 4) is 0 Å². The lowest BCUT2D eigenvalue weighted by Crippen LogP contribution is -2.22. The summed E-state index contributed by atoms with van der Waals surface area (Å²) in [5.41, 5.74) is -0.796. The topological polar surface area (TPSA) is 140 Å². The third-order valence-electron chi connectivity index (χ3n) is 2.88. The number of sulfone groups is 1. The van der Waals surface area contributed by atoms with Gasteiger partial charge in [0.2, 0.25) is 5.82 Å². The van der Waals surface area contributed by atoms with Gasteiger partial charge in [-0.15, -0.1) is 0 Å². The zero-order valence-corrected chi connectivity index (χ0v) is 11.0. The molecule has 1 aliphatic heterocycles. The van der Waals surface area contributed by atoms with E-state index in [0.29, 0.717) is 6.42 Å². The number of rotatable bonds is 4. The van der Waals surface area contributed by atoms with Gasteiger partial charge >= 0.3 is 11.7 Å². The number of aromatic carboxylic acids is 1. The molecular formula is C10H11N3O6S. The van der Waals surface area contributed by atoms with Crippen LogP contribution in [-0.4, -0.2) is 46.9 Å². The smallest absolute Gasteiger partial charge is 0.337 e. The van der Waals surface area contributed by atoms with E-state index in [2.05, 4.69) is 10.3 Å². The molecule has 1 atom stereocenters. The third-order valence-corrected chi connectivity index (χ3v) is 4.65. The Balaban J connectivity index is 2.28. The summed E-state index contributed by atoms with van der Waals surface area (Å²) in [6, 6.07) is 0.433. The minimum absolute atomic E-state index is 0.0195. The van der Waals surface area contributed by atoms with E-state index in [1.165, 1.54) is 0 Å². The first kappa shape index (κ1) is 14.2. The Hall–Kier alpha value is -2.23. The molecule has 1 saturated heterocycles. The third kappa shape index (κ3) is 3.02. The summed E-state index contributed by atoms with van der Waals surface area (Å²) in [6.07, 6.45) is 1.32. The average Bonchev–Trinajstić information content (AvgIpc) is 2.68. The monoisotopic (exact) mass is 301 g/mol. The molecule has 20 heavy (non-hydrogen) atoms. The highest BCUT2D eigenvalue weighted by atomic mass is 32.2. The number of carbonyl (C=O) groups is 1. The Kier molecular flexibility index (Phi) is 3.57. The summed E-state index contributed by atoms with van der Waals surface area (Å²) in [4.78, 5) is 24.6. The summed E-state index contributed by atoms with van der Waals surface area (Å²) < 4.78 is 22.6. The Morgan fingerprint density at radius 3 is 2.75 bits per heavy atom. The fraction of sp³-hybridized carbons (Fsp3) is 0.400. The molecular weight excluding hydrogens is 290 g/mol. The minimum Gasteiger partial charge on any atom is -0.478 e. The van der Waals surface area contributed by atoms with E-state index in [-0.39, 0.29) is 22.9 Å². The summed E-state index contributed by atoms with van der Waals surface area (Å²) in [5.74, 6) is -1.55. The van der Waals surface area contributed by atoms with Crippen LogP contribution in [0.2, 0.25) is 0 Å². The van der Waals surface area contributed by atoms with E-state index in [4.69, 9.17) is 5.11 Å². The largest absolute Gasteiger partial charge is 0.478 e. The first-order chi connectivity index (χ1) is 9.28. The number of hydrogen-bond donors (Lipinski definition) is 2. The second kappa shape index (κ2) is 5.04. The van der Waals surface area contributed by atoms with E-state index in [1.54, 1.807) is 0 Å². The first-order valence-electron chi connectivity index (χ1n) is 5.63. The molecule has 0 aliphatic carbocycles. The van der Waals surface area contributed by atoms with Crippen LogP contribution in [-0.2, 0) is 9.84 Å². The van der Waals surface area contributed by atoms with Gasteiger partial charge in [0, 0.05) is 18.3 Å². The number of hydrogen-bond acceptors (Lipinski definition) is 7. The van der Waals surface area contributed by atoms with E-state index in [0.717, 1.165) is 12.3 Å². The quantitative estimate of drug-likeness (QED) is 0.597. The van der Waals surface area contributed by atoms with E-state index < -0.39 is 32.5 Å². The Bertz CT molecular complexity index is 672. The van der Waals surface area contributed by atoms with Crippen LogP contribution in [0, 0.1) is 10.1 Å². The molecule has 2 heterocycles. The highest BCUT2D eigenvalue weighted by molar-refractivity contribution is 7.91. The first-order valence-corrected chi connectivity index (χ1v) is 7.45. The standard InChI is InChI=1S/C10H11N3O6S/c14-10(15)6-3-8(13(16)17)9(11-4-6)12-7-1-2-20(18,19)5-7/h3-4,7H,1-2,5H2,(H,11,12)(H,14,15). The Morgan fingerprint density at radius 2 is 2.25 bits per heavy atom. The van der Waals surface area contributed by atoms with E-state index in [9.17, 15) is 23.3 Å². The van der Waals surface area contributed by atoms with Gasteiger partial charge in [0.05, 0.1) is 22.0 Å². The maximum Gasteiger partial charge on any atom is 0.337 e. The molecule has 9 nitrogen and oxygen atoms in total. The molecule has 1 aromatic rings. The molecule has 1 fully saturated rings. The maximum atomic E-state index is 11.3.